The van der Waals surface area contributed by atoms with E-state index in [0.717, 1.165) is 23.8 Å². The Kier molecular flexibility index (Phi) is 7.57. The lowest BCUT2D eigenvalue weighted by Crippen LogP contribution is -2.42. The van der Waals surface area contributed by atoms with Crippen LogP contribution in [0.25, 0.3) is 0 Å². The summed E-state index contributed by atoms with van der Waals surface area (Å²) in [4.78, 5) is 16.4. The number of carbonyl (C=O) groups excluding carboxylic acids is 1. The molecular formula is C19H31N5O. The smallest absolute Gasteiger partial charge is 0.319 e. The Labute approximate surface area is 150 Å². The number of benzene rings is 1. The van der Waals surface area contributed by atoms with Crippen molar-refractivity contribution in [1.29, 1.82) is 0 Å². The number of guanidine groups is 1. The minimum atomic E-state index is -0.184. The van der Waals surface area contributed by atoms with Crippen LogP contribution in [0, 0.1) is 0 Å². The summed E-state index contributed by atoms with van der Waals surface area (Å²) in [6, 6.07) is 8.27. The molecule has 0 aliphatic heterocycles. The Morgan fingerprint density at radius 3 is 2.48 bits per heavy atom. The van der Waals surface area contributed by atoms with Crippen LogP contribution in [-0.4, -0.2) is 30.6 Å². The maximum Gasteiger partial charge on any atom is 0.319 e. The SMILES string of the molecule is CCNC(=NCc1ccc(NC(=O)NC(C)C)cc1)NC1CCCC1. The van der Waals surface area contributed by atoms with Gasteiger partial charge in [0, 0.05) is 24.3 Å². The first-order chi connectivity index (χ1) is 12.1. The number of aliphatic imine (C=N–C) groups is 1. The Balaban J connectivity index is 1.88. The quantitative estimate of drug-likeness (QED) is 0.472. The van der Waals surface area contributed by atoms with Gasteiger partial charge < -0.3 is 21.3 Å². The fraction of sp³-hybridized carbons (Fsp3) is 0.579. The van der Waals surface area contributed by atoms with E-state index in [1.807, 2.05) is 38.1 Å². The highest BCUT2D eigenvalue weighted by Crippen LogP contribution is 2.17. The van der Waals surface area contributed by atoms with Gasteiger partial charge in [0.2, 0.25) is 0 Å². The molecule has 0 spiro atoms. The molecule has 2 amide bonds. The van der Waals surface area contributed by atoms with Crippen molar-refractivity contribution < 1.29 is 4.79 Å². The topological polar surface area (TPSA) is 77.5 Å². The number of urea groups is 1. The number of nitrogens with one attached hydrogen (secondary N) is 4. The van der Waals surface area contributed by atoms with Gasteiger partial charge in [0.05, 0.1) is 6.54 Å². The minimum Gasteiger partial charge on any atom is -0.357 e. The summed E-state index contributed by atoms with van der Waals surface area (Å²) in [7, 11) is 0. The van der Waals surface area contributed by atoms with Crippen LogP contribution in [0.4, 0.5) is 10.5 Å². The molecule has 0 radical (unpaired) electrons. The van der Waals surface area contributed by atoms with E-state index in [2.05, 4.69) is 33.2 Å². The van der Waals surface area contributed by atoms with Crippen LogP contribution in [0.15, 0.2) is 29.3 Å². The molecule has 0 saturated heterocycles. The van der Waals surface area contributed by atoms with Gasteiger partial charge in [0.15, 0.2) is 5.96 Å². The lowest BCUT2D eigenvalue weighted by molar-refractivity contribution is 0.250. The van der Waals surface area contributed by atoms with Crippen molar-refractivity contribution in [3.8, 4) is 0 Å². The van der Waals surface area contributed by atoms with Gasteiger partial charge in [-0.25, -0.2) is 9.79 Å². The minimum absolute atomic E-state index is 0.116. The fourth-order valence-corrected chi connectivity index (χ4v) is 2.88. The summed E-state index contributed by atoms with van der Waals surface area (Å²) in [5, 5.41) is 12.5. The number of hydrogen-bond donors (Lipinski definition) is 4. The highest BCUT2D eigenvalue weighted by atomic mass is 16.2. The molecular weight excluding hydrogens is 314 g/mol. The van der Waals surface area contributed by atoms with Crippen LogP contribution in [0.1, 0.15) is 52.0 Å². The highest BCUT2D eigenvalue weighted by molar-refractivity contribution is 5.89. The third-order valence-electron chi connectivity index (χ3n) is 4.09. The van der Waals surface area contributed by atoms with Crippen LogP contribution < -0.4 is 21.3 Å². The number of hydrogen-bond acceptors (Lipinski definition) is 2. The third-order valence-corrected chi connectivity index (χ3v) is 4.09. The monoisotopic (exact) mass is 345 g/mol. The van der Waals surface area contributed by atoms with Gasteiger partial charge >= 0.3 is 6.03 Å². The average molecular weight is 345 g/mol. The van der Waals surface area contributed by atoms with Crippen LogP contribution in [0.2, 0.25) is 0 Å². The number of nitrogens with zero attached hydrogens (tertiary/aromatic N) is 1. The Bertz CT molecular complexity index is 562. The van der Waals surface area contributed by atoms with Crippen LogP contribution in [-0.2, 0) is 6.54 Å². The molecule has 0 bridgehead atoms. The fourth-order valence-electron chi connectivity index (χ4n) is 2.88. The Morgan fingerprint density at radius 2 is 1.88 bits per heavy atom. The molecule has 25 heavy (non-hydrogen) atoms. The second-order valence-electron chi connectivity index (χ2n) is 6.77. The van der Waals surface area contributed by atoms with E-state index in [9.17, 15) is 4.79 Å². The summed E-state index contributed by atoms with van der Waals surface area (Å²) >= 11 is 0. The van der Waals surface area contributed by atoms with Gasteiger partial charge in [0.1, 0.15) is 0 Å². The van der Waals surface area contributed by atoms with Crippen molar-refractivity contribution in [2.24, 2.45) is 4.99 Å². The summed E-state index contributed by atoms with van der Waals surface area (Å²) < 4.78 is 0. The van der Waals surface area contributed by atoms with Crippen molar-refractivity contribution in [1.82, 2.24) is 16.0 Å². The molecule has 2 rings (SSSR count). The molecule has 1 saturated carbocycles. The van der Waals surface area contributed by atoms with E-state index in [1.54, 1.807) is 0 Å². The van der Waals surface area contributed by atoms with Crippen molar-refractivity contribution in [3.63, 3.8) is 0 Å². The molecule has 0 unspecified atom stereocenters. The summed E-state index contributed by atoms with van der Waals surface area (Å²) in [6.07, 6.45) is 5.05. The molecule has 1 aliphatic rings. The van der Waals surface area contributed by atoms with Crippen LogP contribution >= 0.6 is 0 Å². The molecule has 6 nitrogen and oxygen atoms in total. The van der Waals surface area contributed by atoms with Crippen molar-refractivity contribution in [2.45, 2.75) is 65.1 Å². The van der Waals surface area contributed by atoms with Crippen molar-refractivity contribution >= 4 is 17.7 Å². The molecule has 6 heteroatoms. The first-order valence-corrected chi connectivity index (χ1v) is 9.28. The largest absolute Gasteiger partial charge is 0.357 e. The van der Waals surface area contributed by atoms with Gasteiger partial charge in [-0.3, -0.25) is 0 Å². The Morgan fingerprint density at radius 1 is 1.20 bits per heavy atom. The standard InChI is InChI=1S/C19H31N5O/c1-4-20-18(23-16-7-5-6-8-16)21-13-15-9-11-17(12-10-15)24-19(25)22-14(2)3/h9-12,14,16H,4-8,13H2,1-3H3,(H2,20,21,23)(H2,22,24,25). The Hall–Kier alpha value is -2.24. The van der Waals surface area contributed by atoms with Gasteiger partial charge in [-0.15, -0.1) is 0 Å². The first-order valence-electron chi connectivity index (χ1n) is 9.28. The number of anilines is 1. The molecule has 1 aromatic rings. The molecule has 1 aliphatic carbocycles. The van der Waals surface area contributed by atoms with E-state index in [1.165, 1.54) is 25.7 Å². The van der Waals surface area contributed by atoms with Gasteiger partial charge in [0.25, 0.3) is 0 Å². The molecule has 0 heterocycles. The lowest BCUT2D eigenvalue weighted by Gasteiger charge is -2.16. The van der Waals surface area contributed by atoms with Crippen molar-refractivity contribution in [2.75, 3.05) is 11.9 Å². The van der Waals surface area contributed by atoms with Gasteiger partial charge in [-0.1, -0.05) is 25.0 Å². The zero-order chi connectivity index (χ0) is 18.1. The lowest BCUT2D eigenvalue weighted by atomic mass is 10.2. The van der Waals surface area contributed by atoms with Gasteiger partial charge in [-0.05, 0) is 51.3 Å². The molecule has 4 N–H and O–H groups in total. The van der Waals surface area contributed by atoms with E-state index < -0.39 is 0 Å². The molecule has 1 fully saturated rings. The van der Waals surface area contributed by atoms with Gasteiger partial charge in [-0.2, -0.15) is 0 Å². The molecule has 0 aromatic heterocycles. The average Bonchev–Trinajstić information content (AvgIpc) is 3.06. The first kappa shape index (κ1) is 19.1. The number of rotatable bonds is 6. The second kappa shape index (κ2) is 9.91. The maximum absolute atomic E-state index is 11.7. The summed E-state index contributed by atoms with van der Waals surface area (Å²) in [5.41, 5.74) is 1.89. The zero-order valence-corrected chi connectivity index (χ0v) is 15.6. The molecule has 138 valence electrons. The van der Waals surface area contributed by atoms with Crippen LogP contribution in [0.3, 0.4) is 0 Å². The predicted octanol–water partition coefficient (Wildman–Crippen LogP) is 3.21. The zero-order valence-electron chi connectivity index (χ0n) is 15.6. The normalized spacial score (nSPS) is 15.3. The molecule has 1 aromatic carbocycles. The summed E-state index contributed by atoms with van der Waals surface area (Å²) in [5.74, 6) is 0.882. The van der Waals surface area contributed by atoms with E-state index >= 15 is 0 Å². The highest BCUT2D eigenvalue weighted by Gasteiger charge is 2.15. The number of carbonyl (C=O) groups is 1. The maximum atomic E-state index is 11.7. The molecule has 0 atom stereocenters. The predicted molar refractivity (Wildman–Crippen MR) is 104 cm³/mol. The van der Waals surface area contributed by atoms with Crippen LogP contribution in [0.5, 0.6) is 0 Å². The summed E-state index contributed by atoms with van der Waals surface area (Å²) in [6.45, 7) is 7.41. The van der Waals surface area contributed by atoms with E-state index in [-0.39, 0.29) is 12.1 Å². The second-order valence-corrected chi connectivity index (χ2v) is 6.77. The van der Waals surface area contributed by atoms with E-state index in [4.69, 9.17) is 0 Å². The van der Waals surface area contributed by atoms with Crippen molar-refractivity contribution in [3.05, 3.63) is 29.8 Å². The van der Waals surface area contributed by atoms with E-state index in [0.29, 0.717) is 12.6 Å². The number of amides is 2. The third kappa shape index (κ3) is 7.03.